The molecule has 5 rings (SSSR count). The number of anilines is 2. The molecule has 1 aliphatic rings. The molecule has 0 aliphatic carbocycles. The summed E-state index contributed by atoms with van der Waals surface area (Å²) in [4.78, 5) is 9.67. The predicted molar refractivity (Wildman–Crippen MR) is 122 cm³/mol. The summed E-state index contributed by atoms with van der Waals surface area (Å²) in [5.41, 5.74) is 4.66. The van der Waals surface area contributed by atoms with Crippen molar-refractivity contribution in [3.8, 4) is 11.4 Å². The molecule has 8 heteroatoms. The van der Waals surface area contributed by atoms with E-state index in [1.54, 1.807) is 11.3 Å². The van der Waals surface area contributed by atoms with Crippen molar-refractivity contribution in [1.29, 1.82) is 0 Å². The number of nitrogens with one attached hydrogen (secondary N) is 1. The van der Waals surface area contributed by atoms with Crippen molar-refractivity contribution in [1.82, 2.24) is 25.6 Å². The highest BCUT2D eigenvalue weighted by molar-refractivity contribution is 7.22. The summed E-state index contributed by atoms with van der Waals surface area (Å²) in [6.07, 6.45) is 1.06. The number of benzene rings is 2. The average molecular weight is 420 g/mol. The lowest BCUT2D eigenvalue weighted by Crippen LogP contribution is -2.46. The molecule has 1 aliphatic heterocycles. The number of rotatable bonds is 5. The van der Waals surface area contributed by atoms with Gasteiger partial charge in [-0.25, -0.2) is 4.98 Å². The molecule has 7 nitrogen and oxygen atoms in total. The van der Waals surface area contributed by atoms with Gasteiger partial charge in [0.2, 0.25) is 5.82 Å². The van der Waals surface area contributed by atoms with Gasteiger partial charge in [-0.2, -0.15) is 5.21 Å². The van der Waals surface area contributed by atoms with Crippen molar-refractivity contribution in [3.63, 3.8) is 0 Å². The van der Waals surface area contributed by atoms with Gasteiger partial charge in [-0.15, -0.1) is 10.2 Å². The van der Waals surface area contributed by atoms with Gasteiger partial charge in [-0.05, 0) is 47.4 Å². The third kappa shape index (κ3) is 3.75. The first kappa shape index (κ1) is 19.0. The van der Waals surface area contributed by atoms with E-state index in [2.05, 4.69) is 80.7 Å². The molecule has 1 fully saturated rings. The van der Waals surface area contributed by atoms with E-state index in [0.717, 1.165) is 48.8 Å². The first-order valence-electron chi connectivity index (χ1n) is 10.4. The van der Waals surface area contributed by atoms with Crippen LogP contribution in [0.15, 0.2) is 42.5 Å². The van der Waals surface area contributed by atoms with Crippen LogP contribution >= 0.6 is 11.3 Å². The maximum Gasteiger partial charge on any atom is 0.206 e. The minimum absolute atomic E-state index is 0.616. The van der Waals surface area contributed by atoms with Gasteiger partial charge in [-0.1, -0.05) is 43.4 Å². The van der Waals surface area contributed by atoms with E-state index >= 15 is 0 Å². The van der Waals surface area contributed by atoms with Crippen LogP contribution in [0, 0.1) is 5.92 Å². The number of tetrazole rings is 1. The fraction of sp³-hybridized carbons (Fsp3) is 0.364. The molecule has 1 N–H and O–H groups in total. The topological polar surface area (TPSA) is 73.8 Å². The van der Waals surface area contributed by atoms with Gasteiger partial charge in [0.15, 0.2) is 5.13 Å². The fourth-order valence-corrected chi connectivity index (χ4v) is 5.05. The maximum atomic E-state index is 4.83. The molecule has 0 atom stereocenters. The molecule has 4 aromatic rings. The van der Waals surface area contributed by atoms with Crippen LogP contribution in [-0.2, 0) is 6.42 Å². The molecular formula is C22H25N7S. The van der Waals surface area contributed by atoms with Crippen LogP contribution in [0.1, 0.15) is 19.4 Å². The number of piperazine rings is 1. The molecule has 0 radical (unpaired) electrons. The Labute approximate surface area is 179 Å². The van der Waals surface area contributed by atoms with E-state index in [1.165, 1.54) is 16.0 Å². The summed E-state index contributed by atoms with van der Waals surface area (Å²) >= 11 is 1.78. The number of hydrogen-bond donors (Lipinski definition) is 1. The number of para-hydroxylation sites is 1. The van der Waals surface area contributed by atoms with E-state index in [0.29, 0.717) is 11.7 Å². The number of aromatic amines is 1. The lowest BCUT2D eigenvalue weighted by atomic mass is 9.99. The summed E-state index contributed by atoms with van der Waals surface area (Å²) in [6.45, 7) is 8.27. The van der Waals surface area contributed by atoms with E-state index in [1.807, 2.05) is 6.07 Å². The van der Waals surface area contributed by atoms with E-state index in [-0.39, 0.29) is 0 Å². The van der Waals surface area contributed by atoms with Crippen molar-refractivity contribution in [2.75, 3.05) is 36.0 Å². The summed E-state index contributed by atoms with van der Waals surface area (Å²) in [7, 11) is 0. The number of nitrogens with zero attached hydrogens (tertiary/aromatic N) is 6. The highest BCUT2D eigenvalue weighted by atomic mass is 32.1. The Morgan fingerprint density at radius 2 is 1.83 bits per heavy atom. The van der Waals surface area contributed by atoms with Crippen molar-refractivity contribution in [2.45, 2.75) is 20.3 Å². The van der Waals surface area contributed by atoms with Crippen LogP contribution in [0.4, 0.5) is 10.8 Å². The van der Waals surface area contributed by atoms with Crippen molar-refractivity contribution >= 4 is 32.4 Å². The minimum Gasteiger partial charge on any atom is -0.367 e. The Morgan fingerprint density at radius 3 is 2.57 bits per heavy atom. The largest absolute Gasteiger partial charge is 0.367 e. The van der Waals surface area contributed by atoms with Crippen LogP contribution in [0.2, 0.25) is 0 Å². The SMILES string of the molecule is CC(C)Cc1ccc(-c2nn[nH]n2)c(N2CCN(c3nc4ccccc4s3)CC2)c1. The molecule has 30 heavy (non-hydrogen) atoms. The summed E-state index contributed by atoms with van der Waals surface area (Å²) in [6, 6.07) is 15.0. The van der Waals surface area contributed by atoms with Gasteiger partial charge in [0.25, 0.3) is 0 Å². The maximum absolute atomic E-state index is 4.83. The zero-order chi connectivity index (χ0) is 20.5. The van der Waals surface area contributed by atoms with Crippen LogP contribution < -0.4 is 9.80 Å². The van der Waals surface area contributed by atoms with Gasteiger partial charge >= 0.3 is 0 Å². The molecule has 1 saturated heterocycles. The Hall–Kier alpha value is -3.00. The summed E-state index contributed by atoms with van der Waals surface area (Å²) in [5, 5.41) is 15.9. The second kappa shape index (κ2) is 8.02. The van der Waals surface area contributed by atoms with Crippen molar-refractivity contribution in [3.05, 3.63) is 48.0 Å². The third-order valence-electron chi connectivity index (χ3n) is 5.47. The van der Waals surface area contributed by atoms with Gasteiger partial charge in [-0.3, -0.25) is 0 Å². The molecule has 2 aromatic carbocycles. The Kier molecular flexibility index (Phi) is 5.08. The smallest absolute Gasteiger partial charge is 0.206 e. The molecular weight excluding hydrogens is 394 g/mol. The third-order valence-corrected chi connectivity index (χ3v) is 6.56. The van der Waals surface area contributed by atoms with Crippen molar-refractivity contribution < 1.29 is 0 Å². The van der Waals surface area contributed by atoms with E-state index in [9.17, 15) is 0 Å². The molecule has 0 amide bonds. The first-order chi connectivity index (χ1) is 14.7. The minimum atomic E-state index is 0.616. The highest BCUT2D eigenvalue weighted by Gasteiger charge is 2.23. The molecule has 0 bridgehead atoms. The monoisotopic (exact) mass is 419 g/mol. The summed E-state index contributed by atoms with van der Waals surface area (Å²) < 4.78 is 1.25. The summed E-state index contributed by atoms with van der Waals surface area (Å²) in [5.74, 6) is 1.26. The number of H-pyrrole nitrogens is 1. The van der Waals surface area contributed by atoms with Crippen LogP contribution in [-0.4, -0.2) is 51.8 Å². The van der Waals surface area contributed by atoms with Crippen LogP contribution in [0.25, 0.3) is 21.6 Å². The molecule has 154 valence electrons. The van der Waals surface area contributed by atoms with Gasteiger partial charge in [0, 0.05) is 37.4 Å². The molecule has 2 aromatic heterocycles. The Balaban J connectivity index is 1.39. The second-order valence-corrected chi connectivity index (χ2v) is 9.13. The first-order valence-corrected chi connectivity index (χ1v) is 11.2. The van der Waals surface area contributed by atoms with E-state index < -0.39 is 0 Å². The average Bonchev–Trinajstić information content (AvgIpc) is 3.43. The zero-order valence-corrected chi connectivity index (χ0v) is 18.1. The van der Waals surface area contributed by atoms with Crippen LogP contribution in [0.3, 0.4) is 0 Å². The number of fused-ring (bicyclic) bond motifs is 1. The lowest BCUT2D eigenvalue weighted by Gasteiger charge is -2.36. The molecule has 0 unspecified atom stereocenters. The molecule has 0 saturated carbocycles. The van der Waals surface area contributed by atoms with Gasteiger partial charge in [0.1, 0.15) is 0 Å². The van der Waals surface area contributed by atoms with E-state index in [4.69, 9.17) is 4.98 Å². The van der Waals surface area contributed by atoms with Gasteiger partial charge < -0.3 is 9.80 Å². The lowest BCUT2D eigenvalue weighted by molar-refractivity contribution is 0.641. The zero-order valence-electron chi connectivity index (χ0n) is 17.2. The standard InChI is InChI=1S/C22H25N7S/c1-15(2)13-16-7-8-17(21-24-26-27-25-21)19(14-16)28-9-11-29(12-10-28)22-23-18-5-3-4-6-20(18)30-22/h3-8,14-15H,9-13H2,1-2H3,(H,24,25,26,27). The predicted octanol–water partition coefficient (Wildman–Crippen LogP) is 4.00. The number of thiazole rings is 1. The number of hydrogen-bond acceptors (Lipinski definition) is 7. The van der Waals surface area contributed by atoms with Crippen molar-refractivity contribution in [2.24, 2.45) is 5.92 Å². The highest BCUT2D eigenvalue weighted by Crippen LogP contribution is 2.33. The molecule has 0 spiro atoms. The fourth-order valence-electron chi connectivity index (χ4n) is 4.04. The second-order valence-electron chi connectivity index (χ2n) is 8.12. The Bertz CT molecular complexity index is 1090. The quantitative estimate of drug-likeness (QED) is 0.527. The van der Waals surface area contributed by atoms with Gasteiger partial charge in [0.05, 0.1) is 10.2 Å². The van der Waals surface area contributed by atoms with Crippen LogP contribution in [0.5, 0.6) is 0 Å². The Morgan fingerprint density at radius 1 is 1.03 bits per heavy atom. The normalized spacial score (nSPS) is 14.8. The molecule has 3 heterocycles. The number of aromatic nitrogens is 5.